The van der Waals surface area contributed by atoms with Gasteiger partial charge in [-0.3, -0.25) is 0 Å². The van der Waals surface area contributed by atoms with Crippen molar-refractivity contribution in [2.24, 2.45) is 0 Å². The number of aromatic nitrogens is 2. The molecule has 1 aromatic carbocycles. The highest BCUT2D eigenvalue weighted by atomic mass is 35.5. The molecular weight excluding hydrogens is 275 g/mol. The maximum absolute atomic E-state index is 13.8. The molecule has 0 saturated heterocycles. The molecule has 4 heteroatoms. The molecule has 1 saturated carbocycles. The largest absolute Gasteiger partial charge is 0.322 e. The molecule has 0 aliphatic heterocycles. The van der Waals surface area contributed by atoms with Crippen LogP contribution in [-0.4, -0.2) is 15.4 Å². The molecular formula is C16H20ClFN2. The number of benzene rings is 1. The normalized spacial score (nSPS) is 18.0. The van der Waals surface area contributed by atoms with E-state index in [-0.39, 0.29) is 11.4 Å². The number of hydrogen-bond donors (Lipinski definition) is 0. The van der Waals surface area contributed by atoms with Crippen LogP contribution in [0, 0.1) is 12.7 Å². The first kappa shape index (κ1) is 13.9. The molecule has 3 rings (SSSR count). The zero-order chi connectivity index (χ0) is 14.3. The highest BCUT2D eigenvalue weighted by molar-refractivity contribution is 6.17. The van der Waals surface area contributed by atoms with Crippen LogP contribution in [0.15, 0.2) is 12.1 Å². The Bertz CT molecular complexity index is 641. The Labute approximate surface area is 123 Å². The van der Waals surface area contributed by atoms with E-state index in [1.54, 1.807) is 6.07 Å². The summed E-state index contributed by atoms with van der Waals surface area (Å²) in [5, 5.41) is 0. The Kier molecular flexibility index (Phi) is 3.49. The quantitative estimate of drug-likeness (QED) is 0.759. The van der Waals surface area contributed by atoms with Crippen molar-refractivity contribution >= 4 is 22.6 Å². The number of nitrogens with zero attached hydrogens (tertiary/aromatic N) is 2. The van der Waals surface area contributed by atoms with Crippen LogP contribution in [0.4, 0.5) is 4.39 Å². The standard InChI is InChI=1S/C16H20ClFN2/c1-11-9-14-13(10-12(11)18)19-15(5-8-17)20(14)16(2)6-3-4-7-16/h9-10H,3-8H2,1-2H3. The molecule has 0 atom stereocenters. The van der Waals surface area contributed by atoms with Gasteiger partial charge in [-0.15, -0.1) is 11.6 Å². The number of rotatable bonds is 3. The van der Waals surface area contributed by atoms with E-state index in [9.17, 15) is 4.39 Å². The minimum atomic E-state index is -0.184. The highest BCUT2D eigenvalue weighted by Crippen LogP contribution is 2.39. The molecule has 2 aromatic rings. The van der Waals surface area contributed by atoms with Crippen LogP contribution in [0.2, 0.25) is 0 Å². The van der Waals surface area contributed by atoms with Gasteiger partial charge < -0.3 is 4.57 Å². The number of hydrogen-bond acceptors (Lipinski definition) is 1. The molecule has 108 valence electrons. The number of halogens is 2. The van der Waals surface area contributed by atoms with Crippen LogP contribution in [-0.2, 0) is 12.0 Å². The van der Waals surface area contributed by atoms with E-state index in [2.05, 4.69) is 16.5 Å². The molecule has 0 spiro atoms. The van der Waals surface area contributed by atoms with Crippen LogP contribution in [0.5, 0.6) is 0 Å². The Morgan fingerprint density at radius 3 is 2.70 bits per heavy atom. The number of imidazole rings is 1. The van der Waals surface area contributed by atoms with Crippen LogP contribution >= 0.6 is 11.6 Å². The molecule has 1 aromatic heterocycles. The van der Waals surface area contributed by atoms with Crippen molar-refractivity contribution in [3.63, 3.8) is 0 Å². The zero-order valence-electron chi connectivity index (χ0n) is 12.0. The molecule has 1 aliphatic rings. The summed E-state index contributed by atoms with van der Waals surface area (Å²) in [6.07, 6.45) is 5.54. The second kappa shape index (κ2) is 5.03. The summed E-state index contributed by atoms with van der Waals surface area (Å²) < 4.78 is 16.1. The van der Waals surface area contributed by atoms with Crippen molar-refractivity contribution in [3.8, 4) is 0 Å². The Hall–Kier alpha value is -1.09. The summed E-state index contributed by atoms with van der Waals surface area (Å²) in [4.78, 5) is 4.63. The summed E-state index contributed by atoms with van der Waals surface area (Å²) in [5.74, 6) is 1.35. The second-order valence-corrected chi connectivity index (χ2v) is 6.47. The number of fused-ring (bicyclic) bond motifs is 1. The molecule has 0 N–H and O–H groups in total. The van der Waals surface area contributed by atoms with E-state index >= 15 is 0 Å². The second-order valence-electron chi connectivity index (χ2n) is 6.10. The van der Waals surface area contributed by atoms with Gasteiger partial charge in [-0.1, -0.05) is 12.8 Å². The lowest BCUT2D eigenvalue weighted by Gasteiger charge is -2.29. The predicted molar refractivity (Wildman–Crippen MR) is 81.0 cm³/mol. The van der Waals surface area contributed by atoms with Crippen LogP contribution in [0.25, 0.3) is 11.0 Å². The first-order valence-electron chi connectivity index (χ1n) is 7.29. The third kappa shape index (κ3) is 2.12. The fourth-order valence-electron chi connectivity index (χ4n) is 3.47. The van der Waals surface area contributed by atoms with Crippen molar-refractivity contribution in [2.45, 2.75) is 51.5 Å². The van der Waals surface area contributed by atoms with Gasteiger partial charge in [0.1, 0.15) is 11.6 Å². The smallest absolute Gasteiger partial charge is 0.128 e. The molecule has 1 fully saturated rings. The van der Waals surface area contributed by atoms with E-state index in [0.717, 1.165) is 36.1 Å². The zero-order valence-corrected chi connectivity index (χ0v) is 12.8. The first-order valence-corrected chi connectivity index (χ1v) is 7.82. The van der Waals surface area contributed by atoms with Gasteiger partial charge in [0.25, 0.3) is 0 Å². The minimum Gasteiger partial charge on any atom is -0.322 e. The molecule has 0 unspecified atom stereocenters. The lowest BCUT2D eigenvalue weighted by molar-refractivity contribution is 0.329. The van der Waals surface area contributed by atoms with E-state index in [0.29, 0.717) is 11.4 Å². The lowest BCUT2D eigenvalue weighted by Crippen LogP contribution is -2.28. The fraction of sp³-hybridized carbons (Fsp3) is 0.562. The van der Waals surface area contributed by atoms with Gasteiger partial charge in [0.15, 0.2) is 0 Å². The van der Waals surface area contributed by atoms with Gasteiger partial charge in [-0.25, -0.2) is 9.37 Å². The van der Waals surface area contributed by atoms with Crippen LogP contribution < -0.4 is 0 Å². The maximum atomic E-state index is 13.8. The molecule has 1 aliphatic carbocycles. The predicted octanol–water partition coefficient (Wildman–Crippen LogP) is 4.55. The van der Waals surface area contributed by atoms with Crippen LogP contribution in [0.3, 0.4) is 0 Å². The average molecular weight is 295 g/mol. The third-order valence-electron chi connectivity index (χ3n) is 4.54. The van der Waals surface area contributed by atoms with E-state index in [4.69, 9.17) is 11.6 Å². The molecule has 1 heterocycles. The lowest BCUT2D eigenvalue weighted by atomic mass is 9.99. The maximum Gasteiger partial charge on any atom is 0.128 e. The summed E-state index contributed by atoms with van der Waals surface area (Å²) in [7, 11) is 0. The van der Waals surface area contributed by atoms with Crippen molar-refractivity contribution in [3.05, 3.63) is 29.3 Å². The topological polar surface area (TPSA) is 17.8 Å². The Morgan fingerprint density at radius 1 is 1.35 bits per heavy atom. The summed E-state index contributed by atoms with van der Waals surface area (Å²) in [5.41, 5.74) is 2.58. The molecule has 0 radical (unpaired) electrons. The van der Waals surface area contributed by atoms with Crippen molar-refractivity contribution in [1.82, 2.24) is 9.55 Å². The van der Waals surface area contributed by atoms with Gasteiger partial charge in [0, 0.05) is 23.9 Å². The monoisotopic (exact) mass is 294 g/mol. The fourth-order valence-corrected chi connectivity index (χ4v) is 3.64. The average Bonchev–Trinajstić information content (AvgIpc) is 2.96. The number of aryl methyl sites for hydroxylation is 2. The van der Waals surface area contributed by atoms with Gasteiger partial charge in [-0.2, -0.15) is 0 Å². The molecule has 2 nitrogen and oxygen atoms in total. The summed E-state index contributed by atoms with van der Waals surface area (Å²) in [6, 6.07) is 3.48. The summed E-state index contributed by atoms with van der Waals surface area (Å²) in [6.45, 7) is 4.10. The highest BCUT2D eigenvalue weighted by Gasteiger charge is 2.33. The first-order chi connectivity index (χ1) is 9.55. The van der Waals surface area contributed by atoms with Gasteiger partial charge in [0.05, 0.1) is 11.0 Å². The van der Waals surface area contributed by atoms with Gasteiger partial charge in [-0.05, 0) is 38.3 Å². The van der Waals surface area contributed by atoms with Crippen molar-refractivity contribution in [2.75, 3.05) is 5.88 Å². The van der Waals surface area contributed by atoms with Crippen molar-refractivity contribution in [1.29, 1.82) is 0 Å². The SMILES string of the molecule is Cc1cc2c(cc1F)nc(CCCl)n2C1(C)CCCC1. The van der Waals surface area contributed by atoms with Gasteiger partial charge in [0.2, 0.25) is 0 Å². The third-order valence-corrected chi connectivity index (χ3v) is 4.73. The van der Waals surface area contributed by atoms with Crippen molar-refractivity contribution < 1.29 is 4.39 Å². The van der Waals surface area contributed by atoms with Crippen LogP contribution in [0.1, 0.15) is 44.0 Å². The van der Waals surface area contributed by atoms with Gasteiger partial charge >= 0.3 is 0 Å². The minimum absolute atomic E-state index is 0.0976. The Morgan fingerprint density at radius 2 is 2.05 bits per heavy atom. The molecule has 0 bridgehead atoms. The number of alkyl halides is 1. The Balaban J connectivity index is 2.25. The molecule has 0 amide bonds. The van der Waals surface area contributed by atoms with E-state index in [1.165, 1.54) is 12.8 Å². The van der Waals surface area contributed by atoms with E-state index in [1.807, 2.05) is 13.0 Å². The molecule has 20 heavy (non-hydrogen) atoms. The summed E-state index contributed by atoms with van der Waals surface area (Å²) >= 11 is 5.92. The van der Waals surface area contributed by atoms with E-state index < -0.39 is 0 Å².